The normalized spacial score (nSPS) is 10.2. The highest BCUT2D eigenvalue weighted by Gasteiger charge is 2.16. The Bertz CT molecular complexity index is 1180. The number of aromatic carboxylic acids is 4. The standard InChI is InChI=1S/2C12H8O4/c2*13-11(14)8-5-1-3-7-4-2-6-9(10(7)8)12(15)16/h2*1-6H,(H,13,14)(H,15,16). The van der Waals surface area contributed by atoms with Gasteiger partial charge in [0.15, 0.2) is 0 Å². The molecule has 0 bridgehead atoms. The molecule has 8 heteroatoms. The van der Waals surface area contributed by atoms with Gasteiger partial charge < -0.3 is 20.4 Å². The lowest BCUT2D eigenvalue weighted by Gasteiger charge is -2.05. The van der Waals surface area contributed by atoms with Crippen LogP contribution in [0.25, 0.3) is 21.5 Å². The number of rotatable bonds is 4. The SMILES string of the molecule is O=C(O)c1cccc2cccc(C(=O)O)c12.O=C(O)c1cccc2cccc(C(=O)O)c12. The number of carboxylic acid groups (broad SMARTS) is 4. The zero-order valence-corrected chi connectivity index (χ0v) is 16.4. The average Bonchev–Trinajstić information content (AvgIpc) is 2.77. The van der Waals surface area contributed by atoms with Gasteiger partial charge in [-0.1, -0.05) is 48.5 Å². The van der Waals surface area contributed by atoms with Crippen molar-refractivity contribution in [3.05, 3.63) is 95.1 Å². The first kappa shape index (κ1) is 22.0. The van der Waals surface area contributed by atoms with Crippen molar-refractivity contribution in [2.75, 3.05) is 0 Å². The molecule has 0 saturated heterocycles. The Hall–Kier alpha value is -4.72. The number of carbonyl (C=O) groups is 4. The highest BCUT2D eigenvalue weighted by atomic mass is 16.4. The van der Waals surface area contributed by atoms with Gasteiger partial charge in [0.25, 0.3) is 0 Å². The van der Waals surface area contributed by atoms with Gasteiger partial charge >= 0.3 is 23.9 Å². The summed E-state index contributed by atoms with van der Waals surface area (Å²) in [5.41, 5.74) is 0.0389. The molecule has 0 unspecified atom stereocenters. The van der Waals surface area contributed by atoms with E-state index >= 15 is 0 Å². The van der Waals surface area contributed by atoms with Gasteiger partial charge in [-0.05, 0) is 35.0 Å². The quantitative estimate of drug-likeness (QED) is 0.369. The summed E-state index contributed by atoms with van der Waals surface area (Å²) in [7, 11) is 0. The van der Waals surface area contributed by atoms with E-state index in [2.05, 4.69) is 0 Å². The molecule has 4 N–H and O–H groups in total. The Balaban J connectivity index is 0.000000181. The van der Waals surface area contributed by atoms with Crippen LogP contribution in [0.1, 0.15) is 41.4 Å². The second-order valence-corrected chi connectivity index (χ2v) is 6.64. The summed E-state index contributed by atoms with van der Waals surface area (Å²) in [6.07, 6.45) is 0. The van der Waals surface area contributed by atoms with Gasteiger partial charge in [-0.15, -0.1) is 0 Å². The molecule has 0 aromatic heterocycles. The van der Waals surface area contributed by atoms with E-state index < -0.39 is 23.9 Å². The molecule has 4 aromatic rings. The molecule has 160 valence electrons. The number of carboxylic acids is 4. The van der Waals surface area contributed by atoms with Crippen molar-refractivity contribution >= 4 is 45.4 Å². The van der Waals surface area contributed by atoms with Crippen molar-refractivity contribution in [3.63, 3.8) is 0 Å². The van der Waals surface area contributed by atoms with E-state index in [-0.39, 0.29) is 33.0 Å². The molecular formula is C24H16O8. The van der Waals surface area contributed by atoms with E-state index in [1.807, 2.05) is 0 Å². The molecule has 32 heavy (non-hydrogen) atoms. The minimum Gasteiger partial charge on any atom is -0.478 e. The Morgan fingerprint density at radius 1 is 0.406 bits per heavy atom. The van der Waals surface area contributed by atoms with E-state index in [4.69, 9.17) is 20.4 Å². The van der Waals surface area contributed by atoms with Crippen LogP contribution in [-0.2, 0) is 0 Å². The van der Waals surface area contributed by atoms with Crippen LogP contribution in [0, 0.1) is 0 Å². The van der Waals surface area contributed by atoms with Crippen molar-refractivity contribution in [2.45, 2.75) is 0 Å². The first-order valence-corrected chi connectivity index (χ1v) is 9.19. The second-order valence-electron chi connectivity index (χ2n) is 6.64. The summed E-state index contributed by atoms with van der Waals surface area (Å²) in [6, 6.07) is 18.7. The Labute approximate surface area is 180 Å². The zero-order chi connectivity index (χ0) is 23.4. The van der Waals surface area contributed by atoms with Gasteiger partial charge in [-0.25, -0.2) is 19.2 Å². The van der Waals surface area contributed by atoms with Crippen molar-refractivity contribution in [3.8, 4) is 0 Å². The van der Waals surface area contributed by atoms with Crippen molar-refractivity contribution in [2.24, 2.45) is 0 Å². The van der Waals surface area contributed by atoms with Crippen LogP contribution in [0.3, 0.4) is 0 Å². The fourth-order valence-corrected chi connectivity index (χ4v) is 3.39. The zero-order valence-electron chi connectivity index (χ0n) is 16.4. The summed E-state index contributed by atoms with van der Waals surface area (Å²) in [6.45, 7) is 0. The van der Waals surface area contributed by atoms with Gasteiger partial charge in [0.1, 0.15) is 0 Å². The molecule has 0 heterocycles. The van der Waals surface area contributed by atoms with Crippen LogP contribution in [0.15, 0.2) is 72.8 Å². The Morgan fingerprint density at radius 3 is 0.812 bits per heavy atom. The maximum atomic E-state index is 11.0. The van der Waals surface area contributed by atoms with Crippen LogP contribution in [0.5, 0.6) is 0 Å². The molecule has 0 fully saturated rings. The Morgan fingerprint density at radius 2 is 0.625 bits per heavy atom. The third kappa shape index (κ3) is 4.24. The molecule has 0 saturated carbocycles. The number of benzene rings is 4. The molecule has 8 nitrogen and oxygen atoms in total. The van der Waals surface area contributed by atoms with Gasteiger partial charge in [0.2, 0.25) is 0 Å². The van der Waals surface area contributed by atoms with Crippen molar-refractivity contribution in [1.29, 1.82) is 0 Å². The van der Waals surface area contributed by atoms with E-state index in [1.165, 1.54) is 24.3 Å². The summed E-state index contributed by atoms with van der Waals surface area (Å²) >= 11 is 0. The third-order valence-corrected chi connectivity index (χ3v) is 4.73. The average molecular weight is 432 g/mol. The summed E-state index contributed by atoms with van der Waals surface area (Å²) in [5.74, 6) is -4.50. The molecule has 0 spiro atoms. The second kappa shape index (κ2) is 8.97. The monoisotopic (exact) mass is 432 g/mol. The van der Waals surface area contributed by atoms with Crippen LogP contribution in [-0.4, -0.2) is 44.3 Å². The predicted molar refractivity (Wildman–Crippen MR) is 116 cm³/mol. The van der Waals surface area contributed by atoms with Gasteiger partial charge in [0, 0.05) is 10.8 Å². The van der Waals surface area contributed by atoms with Gasteiger partial charge in [0.05, 0.1) is 22.3 Å². The Kier molecular flexibility index (Phi) is 6.16. The number of hydrogen-bond acceptors (Lipinski definition) is 4. The largest absolute Gasteiger partial charge is 0.478 e. The van der Waals surface area contributed by atoms with Crippen LogP contribution >= 0.6 is 0 Å². The minimum absolute atomic E-state index is 0.00972. The molecule has 4 aromatic carbocycles. The highest BCUT2D eigenvalue weighted by Crippen LogP contribution is 2.24. The highest BCUT2D eigenvalue weighted by molar-refractivity contribution is 6.13. The lowest BCUT2D eigenvalue weighted by Crippen LogP contribution is -2.03. The molecule has 0 amide bonds. The van der Waals surface area contributed by atoms with Gasteiger partial charge in [-0.3, -0.25) is 0 Å². The molecule has 4 rings (SSSR count). The maximum absolute atomic E-state index is 11.0. The van der Waals surface area contributed by atoms with E-state index in [1.54, 1.807) is 48.5 Å². The van der Waals surface area contributed by atoms with Gasteiger partial charge in [-0.2, -0.15) is 0 Å². The van der Waals surface area contributed by atoms with Crippen LogP contribution < -0.4 is 0 Å². The van der Waals surface area contributed by atoms with E-state index in [0.717, 1.165) is 0 Å². The molecular weight excluding hydrogens is 416 g/mol. The molecule has 0 aliphatic carbocycles. The minimum atomic E-state index is -1.13. The number of hydrogen-bond donors (Lipinski definition) is 4. The third-order valence-electron chi connectivity index (χ3n) is 4.73. The van der Waals surface area contributed by atoms with Crippen molar-refractivity contribution in [1.82, 2.24) is 0 Å². The first-order valence-electron chi connectivity index (χ1n) is 9.19. The first-order chi connectivity index (χ1) is 15.2. The van der Waals surface area contributed by atoms with Crippen LogP contribution in [0.2, 0.25) is 0 Å². The van der Waals surface area contributed by atoms with Crippen molar-refractivity contribution < 1.29 is 39.6 Å². The smallest absolute Gasteiger partial charge is 0.336 e. The maximum Gasteiger partial charge on any atom is 0.336 e. The number of fused-ring (bicyclic) bond motifs is 2. The molecule has 0 atom stereocenters. The summed E-state index contributed by atoms with van der Waals surface area (Å²) in [5, 5.41) is 37.7. The van der Waals surface area contributed by atoms with E-state index in [0.29, 0.717) is 10.8 Å². The summed E-state index contributed by atoms with van der Waals surface area (Å²) < 4.78 is 0. The molecule has 0 radical (unpaired) electrons. The molecule has 0 aliphatic heterocycles. The van der Waals surface area contributed by atoms with Crippen LogP contribution in [0.4, 0.5) is 0 Å². The topological polar surface area (TPSA) is 149 Å². The lowest BCUT2D eigenvalue weighted by atomic mass is 9.99. The lowest BCUT2D eigenvalue weighted by molar-refractivity contribution is 0.0681. The van der Waals surface area contributed by atoms with E-state index in [9.17, 15) is 19.2 Å². The predicted octanol–water partition coefficient (Wildman–Crippen LogP) is 4.47. The summed E-state index contributed by atoms with van der Waals surface area (Å²) in [4.78, 5) is 44.0. The fraction of sp³-hybridized carbons (Fsp3) is 0. The molecule has 0 aliphatic rings. The fourth-order valence-electron chi connectivity index (χ4n) is 3.39.